The van der Waals surface area contributed by atoms with E-state index < -0.39 is 6.04 Å². The first-order valence-corrected chi connectivity index (χ1v) is 7.16. The van der Waals surface area contributed by atoms with Crippen molar-refractivity contribution >= 4 is 11.8 Å². The second kappa shape index (κ2) is 4.62. The zero-order chi connectivity index (χ0) is 14.3. The van der Waals surface area contributed by atoms with E-state index in [0.29, 0.717) is 5.92 Å². The van der Waals surface area contributed by atoms with Gasteiger partial charge in [0.1, 0.15) is 6.04 Å². The molecule has 0 bridgehead atoms. The molecule has 2 aliphatic rings. The number of amides is 2. The molecule has 1 aromatic rings. The maximum absolute atomic E-state index is 12.4. The number of hydrogen-bond donors (Lipinski definition) is 1. The molecule has 20 heavy (non-hydrogen) atoms. The van der Waals surface area contributed by atoms with Crippen molar-refractivity contribution in [3.63, 3.8) is 0 Å². The van der Waals surface area contributed by atoms with Crippen LogP contribution in [-0.4, -0.2) is 28.8 Å². The molecular weight excluding hydrogens is 252 g/mol. The van der Waals surface area contributed by atoms with Gasteiger partial charge in [-0.05, 0) is 38.2 Å². The van der Waals surface area contributed by atoms with Gasteiger partial charge in [-0.25, -0.2) is 0 Å². The predicted molar refractivity (Wildman–Crippen MR) is 75.8 cm³/mol. The van der Waals surface area contributed by atoms with Gasteiger partial charge < -0.3 is 10.2 Å². The minimum absolute atomic E-state index is 0.00959. The minimum Gasteiger partial charge on any atom is -0.345 e. The molecule has 0 aromatic heterocycles. The molecule has 4 nitrogen and oxygen atoms in total. The first-order valence-electron chi connectivity index (χ1n) is 7.16. The zero-order valence-electron chi connectivity index (χ0n) is 11.9. The number of benzene rings is 1. The highest BCUT2D eigenvalue weighted by molar-refractivity contribution is 5.96. The Morgan fingerprint density at radius 2 is 1.80 bits per heavy atom. The topological polar surface area (TPSA) is 49.4 Å². The number of nitrogens with one attached hydrogen (secondary N) is 1. The van der Waals surface area contributed by atoms with Gasteiger partial charge in [-0.3, -0.25) is 9.59 Å². The summed E-state index contributed by atoms with van der Waals surface area (Å²) in [6, 6.07) is 9.06. The van der Waals surface area contributed by atoms with Crippen LogP contribution in [0.15, 0.2) is 30.3 Å². The monoisotopic (exact) mass is 272 g/mol. The molecule has 0 spiro atoms. The molecule has 1 unspecified atom stereocenters. The summed E-state index contributed by atoms with van der Waals surface area (Å²) in [6.45, 7) is 4.27. The average molecular weight is 272 g/mol. The van der Waals surface area contributed by atoms with Crippen LogP contribution in [-0.2, 0) is 9.59 Å². The van der Waals surface area contributed by atoms with Crippen molar-refractivity contribution in [2.24, 2.45) is 5.92 Å². The van der Waals surface area contributed by atoms with Crippen molar-refractivity contribution in [1.29, 1.82) is 0 Å². The van der Waals surface area contributed by atoms with Crippen LogP contribution in [0, 0.1) is 5.92 Å². The van der Waals surface area contributed by atoms with Crippen molar-refractivity contribution < 1.29 is 9.59 Å². The number of carbonyl (C=O) groups excluding carboxylic acids is 2. The normalized spacial score (nSPS) is 23.7. The van der Waals surface area contributed by atoms with Gasteiger partial charge in [0.05, 0.1) is 6.54 Å². The van der Waals surface area contributed by atoms with Crippen molar-refractivity contribution in [3.05, 3.63) is 35.9 Å². The van der Waals surface area contributed by atoms with Crippen molar-refractivity contribution in [3.8, 4) is 0 Å². The first-order chi connectivity index (χ1) is 9.51. The molecule has 1 aliphatic carbocycles. The molecule has 0 radical (unpaired) electrons. The molecule has 3 rings (SSSR count). The molecule has 2 amide bonds. The fraction of sp³-hybridized carbons (Fsp3) is 0.500. The largest absolute Gasteiger partial charge is 0.345 e. The Morgan fingerprint density at radius 3 is 2.40 bits per heavy atom. The smallest absolute Gasteiger partial charge is 0.247 e. The van der Waals surface area contributed by atoms with E-state index in [0.717, 1.165) is 18.4 Å². The van der Waals surface area contributed by atoms with Crippen LogP contribution in [0.4, 0.5) is 0 Å². The van der Waals surface area contributed by atoms with E-state index in [4.69, 9.17) is 0 Å². The summed E-state index contributed by atoms with van der Waals surface area (Å²) in [4.78, 5) is 26.6. The fourth-order valence-corrected chi connectivity index (χ4v) is 3.18. The van der Waals surface area contributed by atoms with E-state index in [1.165, 1.54) is 0 Å². The summed E-state index contributed by atoms with van der Waals surface area (Å²) in [6.07, 6.45) is 2.28. The third kappa shape index (κ3) is 2.09. The summed E-state index contributed by atoms with van der Waals surface area (Å²) in [7, 11) is 0. The van der Waals surface area contributed by atoms with Gasteiger partial charge in [-0.2, -0.15) is 0 Å². The van der Waals surface area contributed by atoms with E-state index in [9.17, 15) is 9.59 Å². The third-order valence-corrected chi connectivity index (χ3v) is 4.50. The molecule has 1 N–H and O–H groups in total. The summed E-state index contributed by atoms with van der Waals surface area (Å²) in [5.41, 5.74) is 0.613. The number of piperazine rings is 1. The van der Waals surface area contributed by atoms with Gasteiger partial charge in [-0.1, -0.05) is 30.3 Å². The van der Waals surface area contributed by atoms with Crippen LogP contribution in [0.5, 0.6) is 0 Å². The molecule has 1 saturated heterocycles. The highest BCUT2D eigenvalue weighted by Gasteiger charge is 2.50. The quantitative estimate of drug-likeness (QED) is 0.913. The number of carbonyl (C=O) groups is 2. The Balaban J connectivity index is 2.02. The lowest BCUT2D eigenvalue weighted by Gasteiger charge is -2.46. The highest BCUT2D eigenvalue weighted by Crippen LogP contribution is 2.46. The van der Waals surface area contributed by atoms with Crippen molar-refractivity contribution in [2.45, 2.75) is 38.3 Å². The minimum atomic E-state index is -0.506. The van der Waals surface area contributed by atoms with Crippen LogP contribution in [0.2, 0.25) is 0 Å². The predicted octanol–water partition coefficient (Wildman–Crippen LogP) is 1.87. The Bertz CT molecular complexity index is 535. The summed E-state index contributed by atoms with van der Waals surface area (Å²) >= 11 is 0. The standard InChI is InChI=1S/C16H20N2O2/c1-16(2,12-8-9-12)18-13(19)10-17-15(20)14(18)11-6-4-3-5-7-11/h3-7,12,14H,8-10H2,1-2H3,(H,17,20). The van der Waals surface area contributed by atoms with Crippen LogP contribution >= 0.6 is 0 Å². The summed E-state index contributed by atoms with van der Waals surface area (Å²) in [5.74, 6) is 0.434. The van der Waals surface area contributed by atoms with Crippen LogP contribution in [0.1, 0.15) is 38.3 Å². The second-order valence-electron chi connectivity index (χ2n) is 6.22. The Kier molecular flexibility index (Phi) is 3.04. The van der Waals surface area contributed by atoms with Gasteiger partial charge in [0.15, 0.2) is 0 Å². The van der Waals surface area contributed by atoms with E-state index in [-0.39, 0.29) is 23.9 Å². The lowest BCUT2D eigenvalue weighted by molar-refractivity contribution is -0.153. The molecule has 1 saturated carbocycles. The highest BCUT2D eigenvalue weighted by atomic mass is 16.2. The first kappa shape index (κ1) is 13.2. The van der Waals surface area contributed by atoms with E-state index in [1.807, 2.05) is 30.3 Å². The molecule has 1 aliphatic heterocycles. The Morgan fingerprint density at radius 1 is 1.15 bits per heavy atom. The molecule has 1 heterocycles. The fourth-order valence-electron chi connectivity index (χ4n) is 3.18. The zero-order valence-corrected chi connectivity index (χ0v) is 11.9. The lowest BCUT2D eigenvalue weighted by Crippen LogP contribution is -2.61. The number of hydrogen-bond acceptors (Lipinski definition) is 2. The summed E-state index contributed by atoms with van der Waals surface area (Å²) in [5, 5.41) is 2.71. The Labute approximate surface area is 119 Å². The molecule has 1 aromatic carbocycles. The molecular formula is C16H20N2O2. The maximum Gasteiger partial charge on any atom is 0.247 e. The molecule has 106 valence electrons. The Hall–Kier alpha value is -1.84. The average Bonchev–Trinajstić information content (AvgIpc) is 3.26. The lowest BCUT2D eigenvalue weighted by atomic mass is 9.90. The van der Waals surface area contributed by atoms with Gasteiger partial charge >= 0.3 is 0 Å². The van der Waals surface area contributed by atoms with Crippen LogP contribution in [0.3, 0.4) is 0 Å². The van der Waals surface area contributed by atoms with Crippen molar-refractivity contribution in [1.82, 2.24) is 10.2 Å². The van der Waals surface area contributed by atoms with E-state index >= 15 is 0 Å². The van der Waals surface area contributed by atoms with Gasteiger partial charge in [0, 0.05) is 5.54 Å². The van der Waals surface area contributed by atoms with Gasteiger partial charge in [0.25, 0.3) is 0 Å². The van der Waals surface area contributed by atoms with Crippen LogP contribution < -0.4 is 5.32 Å². The van der Waals surface area contributed by atoms with Gasteiger partial charge in [-0.15, -0.1) is 0 Å². The number of rotatable bonds is 3. The molecule has 1 atom stereocenters. The molecule has 2 fully saturated rings. The van der Waals surface area contributed by atoms with E-state index in [1.54, 1.807) is 4.90 Å². The maximum atomic E-state index is 12.4. The number of nitrogens with zero attached hydrogens (tertiary/aromatic N) is 1. The van der Waals surface area contributed by atoms with E-state index in [2.05, 4.69) is 19.2 Å². The second-order valence-corrected chi connectivity index (χ2v) is 6.22. The summed E-state index contributed by atoms with van der Waals surface area (Å²) < 4.78 is 0. The van der Waals surface area contributed by atoms with Gasteiger partial charge in [0.2, 0.25) is 11.8 Å². The SMILES string of the molecule is CC(C)(C1CC1)N1C(=O)CNC(=O)C1c1ccccc1. The van der Waals surface area contributed by atoms with Crippen LogP contribution in [0.25, 0.3) is 0 Å². The molecule has 4 heteroatoms. The van der Waals surface area contributed by atoms with Crippen molar-refractivity contribution in [2.75, 3.05) is 6.54 Å². The third-order valence-electron chi connectivity index (χ3n) is 4.50.